The van der Waals surface area contributed by atoms with E-state index in [1.165, 1.54) is 488 Å². The average molecular weight is 1630 g/mol. The zero-order valence-electron chi connectivity index (χ0n) is 81.0. The number of unbranched alkanes of at least 4 members (excludes halogenated alkanes) is 72. The van der Waals surface area contributed by atoms with Gasteiger partial charge in [0.15, 0.2) is 0 Å². The Labute approximate surface area is 726 Å². The second kappa shape index (κ2) is 95.9. The van der Waals surface area contributed by atoms with Crippen LogP contribution >= 0.6 is 0 Å². The summed E-state index contributed by atoms with van der Waals surface area (Å²) < 4.78 is 36.0. The Bertz CT molecular complexity index is 1630. The van der Waals surface area contributed by atoms with Crippen LogP contribution in [-0.4, -0.2) is 76.1 Å². The van der Waals surface area contributed by atoms with Crippen LogP contribution in [0.25, 0.3) is 0 Å². The molecule has 0 aliphatic heterocycles. The van der Waals surface area contributed by atoms with E-state index in [4.69, 9.17) is 35.2 Å². The van der Waals surface area contributed by atoms with Gasteiger partial charge < -0.3 is 35.2 Å². The number of rotatable bonds is 104. The average Bonchev–Trinajstić information content (AvgIpc) is 0.826. The van der Waals surface area contributed by atoms with Crippen molar-refractivity contribution >= 4 is 0 Å². The third-order valence-corrected chi connectivity index (χ3v) is 26.8. The fourth-order valence-electron chi connectivity index (χ4n) is 19.2. The molecule has 0 heterocycles. The summed E-state index contributed by atoms with van der Waals surface area (Å²) in [4.78, 5) is 0. The van der Waals surface area contributed by atoms with Crippen LogP contribution in [0.1, 0.15) is 608 Å². The van der Waals surface area contributed by atoms with Crippen molar-refractivity contribution in [1.82, 2.24) is 0 Å². The quantitative estimate of drug-likeness (QED) is 0.0586. The summed E-state index contributed by atoms with van der Waals surface area (Å²) in [6.45, 7) is 24.9. The molecule has 0 aliphatic rings. The molecule has 0 aromatic heterocycles. The van der Waals surface area contributed by atoms with Gasteiger partial charge in [0.05, 0.1) is 11.2 Å². The highest BCUT2D eigenvalue weighted by Crippen LogP contribution is 2.41. The summed E-state index contributed by atoms with van der Waals surface area (Å²) in [5.74, 6) is 0.728. The van der Waals surface area contributed by atoms with Gasteiger partial charge in [0.2, 0.25) is 0 Å². The Hall–Kier alpha value is -0.280. The van der Waals surface area contributed by atoms with Crippen molar-refractivity contribution in [2.24, 2.45) is 23.3 Å². The lowest BCUT2D eigenvalue weighted by Crippen LogP contribution is -2.47. The standard InChI is InChI=1S/C108H220N2O5/c1-9-15-21-27-33-39-45-49-53-59-65-71-77-83-93-111-99-91-107(101-103(7)109,114-95-85-79-73-67-61-55-51-47-41-35-29-23-17-11-3)105(87-81-75-69-63-57-43-37-31-25-19-13-5)89-97-113-98-90-106(88-82-76-70-64-58-44-38-32-26-20-14-6)108(102-104(8)110,115-96-86-80-74-68-62-56-52-48-42-36-30-24-18-12-4)92-100-112-94-84-78-72-66-60-54-50-46-40-34-28-22-16-10-2/h103-106H,9-102,109-110H2,1-8H3. The van der Waals surface area contributed by atoms with Crippen molar-refractivity contribution in [2.75, 3.05) is 52.9 Å². The molecule has 0 spiro atoms. The van der Waals surface area contributed by atoms with Crippen molar-refractivity contribution in [3.8, 4) is 0 Å². The van der Waals surface area contributed by atoms with Crippen molar-refractivity contribution in [1.29, 1.82) is 0 Å². The molecule has 115 heavy (non-hydrogen) atoms. The summed E-state index contributed by atoms with van der Waals surface area (Å²) in [6, 6.07) is 0.0926. The molecule has 0 aliphatic carbocycles. The molecule has 0 bridgehead atoms. The van der Waals surface area contributed by atoms with E-state index < -0.39 is 0 Å². The molecule has 7 nitrogen and oxygen atoms in total. The first-order valence-corrected chi connectivity index (χ1v) is 54.2. The Kier molecular flexibility index (Phi) is 95.7. The van der Waals surface area contributed by atoms with Crippen molar-refractivity contribution in [2.45, 2.75) is 631 Å². The van der Waals surface area contributed by atoms with Crippen LogP contribution in [0.15, 0.2) is 0 Å². The van der Waals surface area contributed by atoms with Crippen molar-refractivity contribution in [3.05, 3.63) is 0 Å². The molecule has 0 saturated carbocycles. The van der Waals surface area contributed by atoms with Crippen LogP contribution in [0.2, 0.25) is 0 Å². The molecule has 0 aromatic rings. The van der Waals surface area contributed by atoms with Gasteiger partial charge in [-0.05, 0) is 89.9 Å². The molecule has 0 amide bonds. The van der Waals surface area contributed by atoms with Crippen LogP contribution in [0, 0.1) is 11.8 Å². The fourth-order valence-corrected chi connectivity index (χ4v) is 19.2. The highest BCUT2D eigenvalue weighted by Gasteiger charge is 2.42. The number of hydrogen-bond donors (Lipinski definition) is 2. The second-order valence-corrected chi connectivity index (χ2v) is 38.5. The van der Waals surface area contributed by atoms with Crippen LogP contribution in [0.5, 0.6) is 0 Å². The maximum absolute atomic E-state index is 7.63. The molecule has 0 rings (SSSR count). The third-order valence-electron chi connectivity index (χ3n) is 26.8. The van der Waals surface area contributed by atoms with Crippen molar-refractivity contribution < 1.29 is 23.7 Å². The topological polar surface area (TPSA) is 98.2 Å². The van der Waals surface area contributed by atoms with Crippen LogP contribution in [0.3, 0.4) is 0 Å². The van der Waals surface area contributed by atoms with Gasteiger partial charge in [-0.1, -0.05) is 517 Å². The molecule has 0 aromatic carbocycles. The first kappa shape index (κ1) is 115. The smallest absolute Gasteiger partial charge is 0.0747 e. The van der Waals surface area contributed by atoms with Gasteiger partial charge in [-0.3, -0.25) is 0 Å². The van der Waals surface area contributed by atoms with E-state index in [0.29, 0.717) is 11.8 Å². The zero-order valence-corrected chi connectivity index (χ0v) is 81.0. The largest absolute Gasteiger partial charge is 0.381 e. The Morgan fingerprint density at radius 2 is 0.330 bits per heavy atom. The Morgan fingerprint density at radius 3 is 0.513 bits per heavy atom. The summed E-state index contributed by atoms with van der Waals surface area (Å²) in [5, 5.41) is 0. The zero-order chi connectivity index (χ0) is 83.3. The van der Waals surface area contributed by atoms with Crippen molar-refractivity contribution in [3.63, 3.8) is 0 Å². The van der Waals surface area contributed by atoms with Crippen LogP contribution in [0.4, 0.5) is 0 Å². The first-order chi connectivity index (χ1) is 56.7. The van der Waals surface area contributed by atoms with E-state index in [2.05, 4.69) is 55.4 Å². The number of ether oxygens (including phenoxy) is 5. The molecule has 6 atom stereocenters. The predicted molar refractivity (Wildman–Crippen MR) is 515 cm³/mol. The summed E-state index contributed by atoms with van der Waals surface area (Å²) in [7, 11) is 0. The van der Waals surface area contributed by atoms with Gasteiger partial charge >= 0.3 is 0 Å². The maximum atomic E-state index is 7.63. The molecule has 0 fully saturated rings. The van der Waals surface area contributed by atoms with E-state index >= 15 is 0 Å². The molecular formula is C108H220N2O5. The highest BCUT2D eigenvalue weighted by atomic mass is 16.5. The molecule has 0 radical (unpaired) electrons. The van der Waals surface area contributed by atoms with E-state index in [1.54, 1.807) is 0 Å². The van der Waals surface area contributed by atoms with Crippen LogP contribution in [-0.2, 0) is 23.7 Å². The lowest BCUT2D eigenvalue weighted by atomic mass is 9.75. The van der Waals surface area contributed by atoms with Gasteiger partial charge in [-0.25, -0.2) is 0 Å². The minimum atomic E-state index is -0.334. The minimum Gasteiger partial charge on any atom is -0.381 e. The maximum Gasteiger partial charge on any atom is 0.0747 e. The molecule has 4 N–H and O–H groups in total. The third kappa shape index (κ3) is 81.8. The molecule has 7 heteroatoms. The second-order valence-electron chi connectivity index (χ2n) is 38.5. The van der Waals surface area contributed by atoms with Gasteiger partial charge in [-0.15, -0.1) is 0 Å². The Balaban J connectivity index is 6.90. The normalized spacial score (nSPS) is 14.1. The molecule has 6 unspecified atom stereocenters. The lowest BCUT2D eigenvalue weighted by Gasteiger charge is -2.43. The number of hydrogen-bond acceptors (Lipinski definition) is 7. The monoisotopic (exact) mass is 1630 g/mol. The minimum absolute atomic E-state index is 0.0463. The van der Waals surface area contributed by atoms with E-state index in [9.17, 15) is 0 Å². The highest BCUT2D eigenvalue weighted by molar-refractivity contribution is 4.93. The molecule has 0 saturated heterocycles. The van der Waals surface area contributed by atoms with E-state index in [1.807, 2.05) is 0 Å². The van der Waals surface area contributed by atoms with Gasteiger partial charge in [0.25, 0.3) is 0 Å². The SMILES string of the molecule is CCCCCCCCCCCCCCCCOCCC(CC(C)N)(OCCCCCCCCCCCCCCCC)C(CCCCCCCCCCCCC)CCOCCC(CCCCCCCCCCCCC)C(CCOCCCCCCCCCCCCCCCC)(CC(C)N)OCCCCCCCCCCCCCCCC. The molecule has 692 valence electrons. The lowest BCUT2D eigenvalue weighted by molar-refractivity contribution is -0.126. The fraction of sp³-hybridized carbons (Fsp3) is 1.00. The first-order valence-electron chi connectivity index (χ1n) is 54.2. The van der Waals surface area contributed by atoms with E-state index in [0.717, 1.165) is 117 Å². The molecular weight excluding hydrogens is 1410 g/mol. The summed E-state index contributed by atoms with van der Waals surface area (Å²) in [6.07, 6.45) is 115. The summed E-state index contributed by atoms with van der Waals surface area (Å²) >= 11 is 0. The van der Waals surface area contributed by atoms with Gasteiger partial charge in [0, 0.05) is 77.8 Å². The predicted octanol–water partition coefficient (Wildman–Crippen LogP) is 36.1. The van der Waals surface area contributed by atoms with E-state index in [-0.39, 0.29) is 23.3 Å². The summed E-state index contributed by atoms with van der Waals surface area (Å²) in [5.41, 5.74) is 13.6. The van der Waals surface area contributed by atoms with Crippen LogP contribution < -0.4 is 11.5 Å². The Morgan fingerprint density at radius 1 is 0.174 bits per heavy atom. The van der Waals surface area contributed by atoms with Gasteiger partial charge in [-0.2, -0.15) is 0 Å². The van der Waals surface area contributed by atoms with Gasteiger partial charge in [0.1, 0.15) is 0 Å². The number of nitrogens with two attached hydrogens (primary N) is 2.